The van der Waals surface area contributed by atoms with Crippen LogP contribution in [0.25, 0.3) is 11.1 Å². The van der Waals surface area contributed by atoms with Gasteiger partial charge in [-0.3, -0.25) is 0 Å². The van der Waals surface area contributed by atoms with Crippen molar-refractivity contribution in [3.63, 3.8) is 0 Å². The number of hydrogen-bond acceptors (Lipinski definition) is 7. The molecule has 0 amide bonds. The molecule has 0 fully saturated rings. The molecule has 5 N–H and O–H groups in total. The molecule has 0 spiro atoms. The third kappa shape index (κ3) is 2.36. The Kier molecular flexibility index (Phi) is 3.49. The van der Waals surface area contributed by atoms with Gasteiger partial charge in [0.25, 0.3) is 0 Å². The minimum atomic E-state index is -0.858. The van der Waals surface area contributed by atoms with E-state index in [2.05, 4.69) is 4.74 Å². The van der Waals surface area contributed by atoms with Crippen LogP contribution in [0.4, 0.5) is 0 Å². The number of rotatable bonds is 2. The van der Waals surface area contributed by atoms with E-state index in [9.17, 15) is 30.3 Å². The molecule has 2 aromatic rings. The van der Waals surface area contributed by atoms with Crippen LogP contribution >= 0.6 is 0 Å². The van der Waals surface area contributed by atoms with Gasteiger partial charge in [-0.15, -0.1) is 0 Å². The van der Waals surface area contributed by atoms with Gasteiger partial charge in [0.2, 0.25) is 5.75 Å². The molecule has 110 valence electrons. The fourth-order valence-electron chi connectivity index (χ4n) is 1.89. The molecule has 21 heavy (non-hydrogen) atoms. The highest BCUT2D eigenvalue weighted by atomic mass is 16.5. The third-order valence-corrected chi connectivity index (χ3v) is 2.92. The number of methoxy groups -OCH3 is 1. The highest BCUT2D eigenvalue weighted by Crippen LogP contribution is 2.46. The number of carbonyl (C=O) groups is 1. The SMILES string of the molecule is COC(=O)c1cc(O)c(O)c(O)c1-c1ccc(O)c(O)c1. The minimum absolute atomic E-state index is 0.138. The van der Waals surface area contributed by atoms with Crippen LogP contribution in [0.5, 0.6) is 28.7 Å². The second kappa shape index (κ2) is 5.12. The van der Waals surface area contributed by atoms with Crippen molar-refractivity contribution in [2.24, 2.45) is 0 Å². The number of phenols is 5. The summed E-state index contributed by atoms with van der Waals surface area (Å²) in [6, 6.07) is 4.48. The van der Waals surface area contributed by atoms with E-state index >= 15 is 0 Å². The zero-order valence-electron chi connectivity index (χ0n) is 10.9. The van der Waals surface area contributed by atoms with Crippen LogP contribution in [0.2, 0.25) is 0 Å². The molecule has 0 saturated carbocycles. The van der Waals surface area contributed by atoms with Crippen molar-refractivity contribution in [2.45, 2.75) is 0 Å². The largest absolute Gasteiger partial charge is 0.504 e. The van der Waals surface area contributed by atoms with E-state index in [4.69, 9.17) is 0 Å². The van der Waals surface area contributed by atoms with Crippen molar-refractivity contribution in [3.8, 4) is 39.9 Å². The first kappa shape index (κ1) is 14.3. The first-order chi connectivity index (χ1) is 9.86. The molecule has 0 aliphatic rings. The summed E-state index contributed by atoms with van der Waals surface area (Å²) in [5.74, 6) is -3.98. The average molecular weight is 292 g/mol. The van der Waals surface area contributed by atoms with Gasteiger partial charge in [-0.05, 0) is 23.8 Å². The summed E-state index contributed by atoms with van der Waals surface area (Å²) in [6.07, 6.45) is 0. The summed E-state index contributed by atoms with van der Waals surface area (Å²) in [4.78, 5) is 11.7. The topological polar surface area (TPSA) is 127 Å². The molecule has 2 rings (SSSR count). The van der Waals surface area contributed by atoms with Crippen molar-refractivity contribution in [1.82, 2.24) is 0 Å². The van der Waals surface area contributed by atoms with E-state index in [0.717, 1.165) is 25.3 Å². The molecule has 0 aliphatic heterocycles. The molecular formula is C14H12O7. The summed E-state index contributed by atoms with van der Waals surface area (Å²) < 4.78 is 4.55. The van der Waals surface area contributed by atoms with Crippen LogP contribution in [0.3, 0.4) is 0 Å². The van der Waals surface area contributed by atoms with Crippen molar-refractivity contribution in [2.75, 3.05) is 7.11 Å². The predicted octanol–water partition coefficient (Wildman–Crippen LogP) is 1.67. The Morgan fingerprint density at radius 3 is 2.14 bits per heavy atom. The summed E-state index contributed by atoms with van der Waals surface area (Å²) in [7, 11) is 1.11. The normalized spacial score (nSPS) is 10.3. The number of hydrogen-bond donors (Lipinski definition) is 5. The maximum atomic E-state index is 11.7. The molecule has 0 saturated heterocycles. The molecule has 7 nitrogen and oxygen atoms in total. The quantitative estimate of drug-likeness (QED) is 0.420. The monoisotopic (exact) mass is 292 g/mol. The van der Waals surface area contributed by atoms with Gasteiger partial charge < -0.3 is 30.3 Å². The van der Waals surface area contributed by atoms with Gasteiger partial charge in [0, 0.05) is 5.56 Å². The van der Waals surface area contributed by atoms with E-state index in [-0.39, 0.29) is 22.4 Å². The molecule has 0 unspecified atom stereocenters. The van der Waals surface area contributed by atoms with Gasteiger partial charge in [-0.1, -0.05) is 6.07 Å². The van der Waals surface area contributed by atoms with Crippen molar-refractivity contribution in [1.29, 1.82) is 0 Å². The summed E-state index contributed by atoms with van der Waals surface area (Å²) in [5.41, 5.74) is -0.221. The molecule has 0 radical (unpaired) electrons. The standard InChI is InChI=1S/C14H12O7/c1-21-14(20)7-5-10(17)12(18)13(19)11(7)6-2-3-8(15)9(16)4-6/h2-5,15-19H,1H3. The fourth-order valence-corrected chi connectivity index (χ4v) is 1.89. The van der Waals surface area contributed by atoms with Crippen LogP contribution in [-0.2, 0) is 4.74 Å². The molecular weight excluding hydrogens is 280 g/mol. The Hall–Kier alpha value is -3.09. The summed E-state index contributed by atoms with van der Waals surface area (Å²) >= 11 is 0. The van der Waals surface area contributed by atoms with Gasteiger partial charge in [0.15, 0.2) is 23.0 Å². The molecule has 0 atom stereocenters. The second-order valence-electron chi connectivity index (χ2n) is 4.21. The summed E-state index contributed by atoms with van der Waals surface area (Å²) in [5, 5.41) is 47.8. The number of ether oxygens (including phenoxy) is 1. The van der Waals surface area contributed by atoms with Crippen molar-refractivity contribution < 1.29 is 35.1 Å². The lowest BCUT2D eigenvalue weighted by atomic mass is 9.97. The lowest BCUT2D eigenvalue weighted by Gasteiger charge is -2.13. The first-order valence-corrected chi connectivity index (χ1v) is 5.75. The van der Waals surface area contributed by atoms with E-state index in [1.54, 1.807) is 0 Å². The van der Waals surface area contributed by atoms with Gasteiger partial charge >= 0.3 is 5.97 Å². The van der Waals surface area contributed by atoms with Gasteiger partial charge in [-0.25, -0.2) is 4.79 Å². The minimum Gasteiger partial charge on any atom is -0.504 e. The maximum absolute atomic E-state index is 11.7. The van der Waals surface area contributed by atoms with E-state index in [1.165, 1.54) is 6.07 Å². The van der Waals surface area contributed by atoms with Gasteiger partial charge in [0.05, 0.1) is 12.7 Å². The number of aromatic hydroxyl groups is 5. The summed E-state index contributed by atoms with van der Waals surface area (Å²) in [6.45, 7) is 0. The Bertz CT molecular complexity index is 722. The van der Waals surface area contributed by atoms with Crippen LogP contribution in [0, 0.1) is 0 Å². The van der Waals surface area contributed by atoms with E-state index in [1.807, 2.05) is 0 Å². The Morgan fingerprint density at radius 2 is 1.57 bits per heavy atom. The average Bonchev–Trinajstić information content (AvgIpc) is 2.46. The number of phenolic OH excluding ortho intramolecular Hbond substituents is 5. The first-order valence-electron chi connectivity index (χ1n) is 5.75. The lowest BCUT2D eigenvalue weighted by molar-refractivity contribution is 0.0600. The smallest absolute Gasteiger partial charge is 0.338 e. The van der Waals surface area contributed by atoms with E-state index in [0.29, 0.717) is 0 Å². The molecule has 0 aliphatic carbocycles. The Morgan fingerprint density at radius 1 is 0.905 bits per heavy atom. The van der Waals surface area contributed by atoms with Gasteiger partial charge in [0.1, 0.15) is 0 Å². The molecule has 2 aromatic carbocycles. The highest BCUT2D eigenvalue weighted by Gasteiger charge is 2.23. The van der Waals surface area contributed by atoms with Crippen LogP contribution in [-0.4, -0.2) is 38.6 Å². The van der Waals surface area contributed by atoms with Crippen molar-refractivity contribution in [3.05, 3.63) is 29.8 Å². The number of esters is 1. The number of carbonyl (C=O) groups excluding carboxylic acids is 1. The highest BCUT2D eigenvalue weighted by molar-refractivity contribution is 6.00. The van der Waals surface area contributed by atoms with E-state index < -0.39 is 29.0 Å². The second-order valence-corrected chi connectivity index (χ2v) is 4.21. The molecule has 7 heteroatoms. The third-order valence-electron chi connectivity index (χ3n) is 2.92. The molecule has 0 heterocycles. The van der Waals surface area contributed by atoms with Crippen LogP contribution in [0.1, 0.15) is 10.4 Å². The predicted molar refractivity (Wildman–Crippen MR) is 71.5 cm³/mol. The van der Waals surface area contributed by atoms with Crippen molar-refractivity contribution >= 4 is 5.97 Å². The maximum Gasteiger partial charge on any atom is 0.338 e. The molecule has 0 aromatic heterocycles. The van der Waals surface area contributed by atoms with Gasteiger partial charge in [-0.2, -0.15) is 0 Å². The van der Waals surface area contributed by atoms with Crippen LogP contribution < -0.4 is 0 Å². The zero-order valence-corrected chi connectivity index (χ0v) is 10.9. The zero-order chi connectivity index (χ0) is 15.7. The fraction of sp³-hybridized carbons (Fsp3) is 0.0714. The Labute approximate surface area is 118 Å². The Balaban J connectivity index is 2.79. The van der Waals surface area contributed by atoms with Crippen LogP contribution in [0.15, 0.2) is 24.3 Å². The lowest BCUT2D eigenvalue weighted by Crippen LogP contribution is -2.04. The number of benzene rings is 2. The molecule has 0 bridgehead atoms.